The first-order chi connectivity index (χ1) is 8.46. The van der Waals surface area contributed by atoms with Gasteiger partial charge in [0.05, 0.1) is 12.4 Å². The van der Waals surface area contributed by atoms with Crippen molar-refractivity contribution in [2.45, 2.75) is 32.6 Å². The van der Waals surface area contributed by atoms with Gasteiger partial charge in [0.1, 0.15) is 0 Å². The fourth-order valence-corrected chi connectivity index (χ4v) is 2.70. The highest BCUT2D eigenvalue weighted by Crippen LogP contribution is 2.08. The Labute approximate surface area is 109 Å². The Morgan fingerprint density at radius 3 is 2.28 bits per heavy atom. The number of benzene rings is 1. The van der Waals surface area contributed by atoms with Crippen LogP contribution in [0.4, 0.5) is 0 Å². The molecule has 0 spiro atoms. The number of sulfonamides is 1. The number of hydrogen-bond donors (Lipinski definition) is 2. The smallest absolute Gasteiger partial charge is 0.215 e. The predicted molar refractivity (Wildman–Crippen MR) is 72.4 cm³/mol. The molecule has 1 atom stereocenters. The van der Waals surface area contributed by atoms with Gasteiger partial charge >= 0.3 is 0 Å². The fraction of sp³-hybridized carbons (Fsp3) is 0.538. The summed E-state index contributed by atoms with van der Waals surface area (Å²) in [5.74, 6) is 0.325. The zero-order valence-corrected chi connectivity index (χ0v) is 11.7. The van der Waals surface area contributed by atoms with Crippen LogP contribution in [0.2, 0.25) is 0 Å². The van der Waals surface area contributed by atoms with E-state index in [1.165, 1.54) is 0 Å². The van der Waals surface area contributed by atoms with Crippen molar-refractivity contribution in [2.75, 3.05) is 6.54 Å². The Morgan fingerprint density at radius 1 is 1.22 bits per heavy atom. The molecule has 0 radical (unpaired) electrons. The fourth-order valence-electron chi connectivity index (χ4n) is 1.42. The van der Waals surface area contributed by atoms with E-state index in [1.807, 2.05) is 13.8 Å². The minimum atomic E-state index is -3.27. The molecular weight excluding hydrogens is 250 g/mol. The highest BCUT2D eigenvalue weighted by molar-refractivity contribution is 7.88. The summed E-state index contributed by atoms with van der Waals surface area (Å²) in [4.78, 5) is 0. The Kier molecular flexibility index (Phi) is 5.78. The van der Waals surface area contributed by atoms with Crippen molar-refractivity contribution in [3.05, 3.63) is 35.4 Å². The van der Waals surface area contributed by atoms with E-state index in [9.17, 15) is 8.42 Å². The maximum atomic E-state index is 11.8. The molecule has 0 aliphatic heterocycles. The first-order valence-corrected chi connectivity index (χ1v) is 7.78. The monoisotopic (exact) mass is 271 g/mol. The second-order valence-electron chi connectivity index (χ2n) is 4.60. The lowest BCUT2D eigenvalue weighted by atomic mass is 10.1. The summed E-state index contributed by atoms with van der Waals surface area (Å²) >= 11 is 0. The molecule has 2 N–H and O–H groups in total. The highest BCUT2D eigenvalue weighted by atomic mass is 32.2. The first kappa shape index (κ1) is 15.1. The molecule has 1 rings (SSSR count). The van der Waals surface area contributed by atoms with E-state index in [0.29, 0.717) is 12.5 Å². The minimum absolute atomic E-state index is 0.0187. The second-order valence-corrected chi connectivity index (χ2v) is 6.40. The molecule has 5 heteroatoms. The Morgan fingerprint density at radius 2 is 1.78 bits per heavy atom. The van der Waals surface area contributed by atoms with Crippen molar-refractivity contribution in [3.8, 4) is 0 Å². The van der Waals surface area contributed by atoms with Crippen molar-refractivity contribution in [1.82, 2.24) is 4.72 Å². The van der Waals surface area contributed by atoms with Crippen LogP contribution >= 0.6 is 0 Å². The molecule has 0 aliphatic carbocycles. The number of aliphatic hydroxyl groups excluding tert-OH is 1. The molecule has 18 heavy (non-hydrogen) atoms. The maximum absolute atomic E-state index is 11.8. The van der Waals surface area contributed by atoms with Crippen LogP contribution in [-0.4, -0.2) is 20.1 Å². The van der Waals surface area contributed by atoms with Crippen LogP contribution in [0.25, 0.3) is 0 Å². The van der Waals surface area contributed by atoms with Gasteiger partial charge < -0.3 is 5.11 Å². The normalized spacial score (nSPS) is 13.5. The molecule has 1 unspecified atom stereocenters. The Hall–Kier alpha value is -0.910. The molecule has 0 saturated carbocycles. The van der Waals surface area contributed by atoms with Gasteiger partial charge in [-0.25, -0.2) is 13.1 Å². The lowest BCUT2D eigenvalue weighted by Crippen LogP contribution is -2.29. The summed E-state index contributed by atoms with van der Waals surface area (Å²) in [6.45, 7) is 4.50. The zero-order valence-electron chi connectivity index (χ0n) is 10.9. The molecule has 0 fully saturated rings. The van der Waals surface area contributed by atoms with Gasteiger partial charge in [-0.2, -0.15) is 0 Å². The Bertz CT molecular complexity index is 454. The predicted octanol–water partition coefficient (Wildman–Crippen LogP) is 1.64. The Balaban J connectivity index is 2.58. The van der Waals surface area contributed by atoms with E-state index in [-0.39, 0.29) is 12.4 Å². The lowest BCUT2D eigenvalue weighted by molar-refractivity contribution is 0.282. The van der Waals surface area contributed by atoms with Gasteiger partial charge in [0.25, 0.3) is 0 Å². The summed E-state index contributed by atoms with van der Waals surface area (Å²) in [6, 6.07) is 6.93. The third-order valence-corrected chi connectivity index (χ3v) is 4.23. The van der Waals surface area contributed by atoms with Crippen LogP contribution in [0.3, 0.4) is 0 Å². The van der Waals surface area contributed by atoms with Gasteiger partial charge in [-0.3, -0.25) is 0 Å². The number of rotatable bonds is 7. The largest absolute Gasteiger partial charge is 0.392 e. The number of hydrogen-bond acceptors (Lipinski definition) is 3. The molecule has 0 saturated heterocycles. The summed E-state index contributed by atoms with van der Waals surface area (Å²) in [6.07, 6.45) is 0.952. The molecule has 0 heterocycles. The summed E-state index contributed by atoms with van der Waals surface area (Å²) in [5.41, 5.74) is 1.51. The van der Waals surface area contributed by atoms with E-state index in [1.54, 1.807) is 24.3 Å². The molecule has 0 bridgehead atoms. The van der Waals surface area contributed by atoms with Crippen LogP contribution in [0.5, 0.6) is 0 Å². The zero-order chi connectivity index (χ0) is 13.6. The molecule has 0 aromatic heterocycles. The average Bonchev–Trinajstić information content (AvgIpc) is 2.36. The van der Waals surface area contributed by atoms with Crippen LogP contribution in [0, 0.1) is 5.92 Å². The third-order valence-electron chi connectivity index (χ3n) is 2.91. The SMILES string of the molecule is CCC(C)CNS(=O)(=O)Cc1ccc(CO)cc1. The van der Waals surface area contributed by atoms with Crippen LogP contribution in [0.15, 0.2) is 24.3 Å². The van der Waals surface area contributed by atoms with Gasteiger partial charge in [0, 0.05) is 6.54 Å². The first-order valence-electron chi connectivity index (χ1n) is 6.13. The molecule has 1 aromatic carbocycles. The van der Waals surface area contributed by atoms with Crippen molar-refractivity contribution in [2.24, 2.45) is 5.92 Å². The summed E-state index contributed by atoms with van der Waals surface area (Å²) in [5, 5.41) is 8.90. The second kappa shape index (κ2) is 6.87. The van der Waals surface area contributed by atoms with Crippen LogP contribution in [-0.2, 0) is 22.4 Å². The number of aliphatic hydroxyl groups is 1. The van der Waals surface area contributed by atoms with E-state index in [2.05, 4.69) is 4.72 Å². The van der Waals surface area contributed by atoms with Crippen molar-refractivity contribution < 1.29 is 13.5 Å². The van der Waals surface area contributed by atoms with Crippen molar-refractivity contribution in [3.63, 3.8) is 0 Å². The summed E-state index contributed by atoms with van der Waals surface area (Å²) in [7, 11) is -3.27. The van der Waals surface area contributed by atoms with E-state index >= 15 is 0 Å². The summed E-state index contributed by atoms with van der Waals surface area (Å²) < 4.78 is 26.2. The molecule has 0 amide bonds. The molecular formula is C13H21NO3S. The van der Waals surface area contributed by atoms with Gasteiger partial charge in [-0.15, -0.1) is 0 Å². The van der Waals surface area contributed by atoms with Gasteiger partial charge in [0.2, 0.25) is 10.0 Å². The molecule has 4 nitrogen and oxygen atoms in total. The van der Waals surface area contributed by atoms with Gasteiger partial charge in [-0.05, 0) is 17.0 Å². The topological polar surface area (TPSA) is 66.4 Å². The maximum Gasteiger partial charge on any atom is 0.215 e. The molecule has 1 aromatic rings. The number of nitrogens with one attached hydrogen (secondary N) is 1. The molecule has 0 aliphatic rings. The van der Waals surface area contributed by atoms with Gasteiger partial charge in [-0.1, -0.05) is 44.5 Å². The standard InChI is InChI=1S/C13H21NO3S/c1-3-11(2)8-14-18(16,17)10-13-6-4-12(9-15)5-7-13/h4-7,11,14-15H,3,8-10H2,1-2H3. The van der Waals surface area contributed by atoms with E-state index in [0.717, 1.165) is 17.5 Å². The van der Waals surface area contributed by atoms with Crippen molar-refractivity contribution in [1.29, 1.82) is 0 Å². The van der Waals surface area contributed by atoms with Crippen molar-refractivity contribution >= 4 is 10.0 Å². The quantitative estimate of drug-likeness (QED) is 0.792. The third kappa shape index (κ3) is 5.16. The highest BCUT2D eigenvalue weighted by Gasteiger charge is 2.12. The average molecular weight is 271 g/mol. The minimum Gasteiger partial charge on any atom is -0.392 e. The lowest BCUT2D eigenvalue weighted by Gasteiger charge is -2.11. The van der Waals surface area contributed by atoms with Crippen LogP contribution in [0.1, 0.15) is 31.4 Å². The van der Waals surface area contributed by atoms with Gasteiger partial charge in [0.15, 0.2) is 0 Å². The molecule has 102 valence electrons. The van der Waals surface area contributed by atoms with E-state index < -0.39 is 10.0 Å². The van der Waals surface area contributed by atoms with Crippen LogP contribution < -0.4 is 4.72 Å². The van der Waals surface area contributed by atoms with E-state index in [4.69, 9.17) is 5.11 Å².